The zero-order valence-corrected chi connectivity index (χ0v) is 12.9. The molecule has 0 amide bonds. The maximum Gasteiger partial charge on any atom is 0.480 e. The molecule has 6 nitrogen and oxygen atoms in total. The van der Waals surface area contributed by atoms with Crippen molar-refractivity contribution < 1.29 is 27.4 Å². The van der Waals surface area contributed by atoms with Crippen molar-refractivity contribution in [3.63, 3.8) is 0 Å². The molecule has 0 aromatic rings. The molecular formula is C6H16O6P2S2. The SMILES string of the molecule is CC(C)OP(=O)(O)OP(=O)(OC(C)C)SS. The second-order valence-electron chi connectivity index (χ2n) is 3.39. The predicted octanol–water partition coefficient (Wildman–Crippen LogP) is 3.64. The molecule has 0 fully saturated rings. The summed E-state index contributed by atoms with van der Waals surface area (Å²) in [5.41, 5.74) is 0. The predicted molar refractivity (Wildman–Crippen MR) is 67.5 cm³/mol. The molecule has 16 heavy (non-hydrogen) atoms. The van der Waals surface area contributed by atoms with Gasteiger partial charge in [-0.05, 0) is 27.7 Å². The van der Waals surface area contributed by atoms with Gasteiger partial charge in [0.1, 0.15) is 0 Å². The van der Waals surface area contributed by atoms with E-state index in [2.05, 4.69) is 20.5 Å². The molecule has 0 saturated heterocycles. The summed E-state index contributed by atoms with van der Waals surface area (Å²) >= 11 is 3.69. The van der Waals surface area contributed by atoms with Crippen LogP contribution in [0.15, 0.2) is 0 Å². The summed E-state index contributed by atoms with van der Waals surface area (Å²) in [6.07, 6.45) is -0.960. The van der Waals surface area contributed by atoms with Crippen LogP contribution < -0.4 is 0 Å². The van der Waals surface area contributed by atoms with Crippen LogP contribution in [0.3, 0.4) is 0 Å². The van der Waals surface area contributed by atoms with Crippen LogP contribution in [0.4, 0.5) is 0 Å². The van der Waals surface area contributed by atoms with Crippen molar-refractivity contribution in [3.8, 4) is 0 Å². The van der Waals surface area contributed by atoms with Gasteiger partial charge in [0.25, 0.3) is 0 Å². The van der Waals surface area contributed by atoms with E-state index < -0.39 is 26.8 Å². The zero-order valence-electron chi connectivity index (χ0n) is 9.39. The lowest BCUT2D eigenvalue weighted by Gasteiger charge is -2.21. The summed E-state index contributed by atoms with van der Waals surface area (Å²) in [5.74, 6) is 0. The highest BCUT2D eigenvalue weighted by molar-refractivity contribution is 8.93. The van der Waals surface area contributed by atoms with Crippen molar-refractivity contribution in [2.24, 2.45) is 0 Å². The van der Waals surface area contributed by atoms with Gasteiger partial charge in [0.2, 0.25) is 0 Å². The minimum atomic E-state index is -4.40. The monoisotopic (exact) mass is 310 g/mol. The topological polar surface area (TPSA) is 82.1 Å². The largest absolute Gasteiger partial charge is 0.480 e. The van der Waals surface area contributed by atoms with E-state index in [0.29, 0.717) is 10.4 Å². The van der Waals surface area contributed by atoms with Gasteiger partial charge in [-0.15, -0.1) is 0 Å². The van der Waals surface area contributed by atoms with Gasteiger partial charge < -0.3 is 4.89 Å². The van der Waals surface area contributed by atoms with E-state index in [1.807, 2.05) is 0 Å². The van der Waals surface area contributed by atoms with E-state index in [-0.39, 0.29) is 0 Å². The summed E-state index contributed by atoms with van der Waals surface area (Å²) < 4.78 is 37.2. The Morgan fingerprint density at radius 2 is 1.56 bits per heavy atom. The molecule has 98 valence electrons. The first kappa shape index (κ1) is 17.0. The quantitative estimate of drug-likeness (QED) is 0.422. The second kappa shape index (κ2) is 6.81. The summed E-state index contributed by atoms with van der Waals surface area (Å²) in [7, 11) is -3.95. The average Bonchev–Trinajstić information content (AvgIpc) is 1.98. The van der Waals surface area contributed by atoms with E-state index in [1.54, 1.807) is 27.7 Å². The average molecular weight is 310 g/mol. The maximum atomic E-state index is 11.8. The Kier molecular flexibility index (Phi) is 7.23. The van der Waals surface area contributed by atoms with Crippen molar-refractivity contribution in [2.45, 2.75) is 39.9 Å². The summed E-state index contributed by atoms with van der Waals surface area (Å²) in [4.78, 5) is 9.28. The van der Waals surface area contributed by atoms with Crippen LogP contribution in [0.2, 0.25) is 0 Å². The van der Waals surface area contributed by atoms with E-state index in [4.69, 9.17) is 4.52 Å². The van der Waals surface area contributed by atoms with Crippen LogP contribution in [-0.4, -0.2) is 17.1 Å². The van der Waals surface area contributed by atoms with E-state index >= 15 is 0 Å². The van der Waals surface area contributed by atoms with E-state index in [1.165, 1.54) is 0 Å². The summed E-state index contributed by atoms with van der Waals surface area (Å²) in [5, 5.41) is 0. The molecule has 0 spiro atoms. The lowest BCUT2D eigenvalue weighted by atomic mass is 10.5. The van der Waals surface area contributed by atoms with Gasteiger partial charge in [0.05, 0.1) is 12.2 Å². The molecule has 0 saturated carbocycles. The van der Waals surface area contributed by atoms with Gasteiger partial charge in [0.15, 0.2) is 0 Å². The van der Waals surface area contributed by atoms with Gasteiger partial charge in [-0.1, -0.05) is 11.7 Å². The Morgan fingerprint density at radius 3 is 1.88 bits per heavy atom. The minimum absolute atomic E-state index is 0.426. The Morgan fingerprint density at radius 1 is 1.12 bits per heavy atom. The molecule has 2 atom stereocenters. The summed E-state index contributed by atoms with van der Waals surface area (Å²) in [6.45, 7) is 2.54. The van der Waals surface area contributed by atoms with Crippen LogP contribution in [0.25, 0.3) is 0 Å². The molecule has 0 aromatic heterocycles. The van der Waals surface area contributed by atoms with E-state index in [0.717, 1.165) is 0 Å². The highest BCUT2D eigenvalue weighted by atomic mass is 33.3. The molecule has 0 bridgehead atoms. The molecule has 0 rings (SSSR count). The van der Waals surface area contributed by atoms with Crippen LogP contribution in [0, 0.1) is 0 Å². The van der Waals surface area contributed by atoms with Crippen molar-refractivity contribution in [3.05, 3.63) is 0 Å². The van der Waals surface area contributed by atoms with Crippen molar-refractivity contribution in [2.75, 3.05) is 0 Å². The normalized spacial score (nSPS) is 19.8. The fourth-order valence-corrected chi connectivity index (χ4v) is 6.06. The Hall–Kier alpha value is 1.00. The Bertz CT molecular complexity index is 307. The van der Waals surface area contributed by atoms with E-state index in [9.17, 15) is 14.0 Å². The molecule has 10 heteroatoms. The van der Waals surface area contributed by atoms with Crippen molar-refractivity contribution in [1.82, 2.24) is 0 Å². The third-order valence-corrected chi connectivity index (χ3v) is 7.44. The summed E-state index contributed by atoms with van der Waals surface area (Å²) in [6, 6.07) is 0. The first-order valence-corrected chi connectivity index (χ1v) is 9.95. The molecular weight excluding hydrogens is 294 g/mol. The number of hydrogen-bond acceptors (Lipinski definition) is 7. The van der Waals surface area contributed by atoms with Crippen LogP contribution in [0.1, 0.15) is 27.7 Å². The first-order chi connectivity index (χ1) is 7.10. The van der Waals surface area contributed by atoms with Gasteiger partial charge >= 0.3 is 14.6 Å². The molecule has 0 radical (unpaired) electrons. The minimum Gasteiger partial charge on any atom is -0.302 e. The highest BCUT2D eigenvalue weighted by Crippen LogP contribution is 2.71. The molecule has 2 unspecified atom stereocenters. The number of thiol groups is 1. The van der Waals surface area contributed by atoms with Crippen LogP contribution >= 0.6 is 36.7 Å². The lowest BCUT2D eigenvalue weighted by Crippen LogP contribution is -2.04. The molecule has 0 aliphatic heterocycles. The van der Waals surface area contributed by atoms with Gasteiger partial charge in [-0.3, -0.25) is 9.05 Å². The number of rotatable bonds is 7. The van der Waals surface area contributed by atoms with Gasteiger partial charge in [0, 0.05) is 10.4 Å². The molecule has 0 aromatic carbocycles. The number of hydrogen-bond donors (Lipinski definition) is 2. The number of phosphoric ester groups is 1. The first-order valence-electron chi connectivity index (χ1n) is 4.44. The van der Waals surface area contributed by atoms with Crippen LogP contribution in [0.5, 0.6) is 0 Å². The second-order valence-corrected chi connectivity index (χ2v) is 9.76. The smallest absolute Gasteiger partial charge is 0.302 e. The van der Waals surface area contributed by atoms with Gasteiger partial charge in [-0.25, -0.2) is 9.13 Å². The lowest BCUT2D eigenvalue weighted by molar-refractivity contribution is 0.147. The Labute approximate surface area is 104 Å². The van der Waals surface area contributed by atoms with Crippen LogP contribution in [-0.2, 0) is 22.5 Å². The maximum absolute atomic E-state index is 11.8. The molecule has 1 N–H and O–H groups in total. The molecule has 0 aliphatic rings. The fourth-order valence-electron chi connectivity index (χ4n) is 0.724. The standard InChI is InChI=1S/C6H16O6P2S2/c1-5(2)10-13(7,8)12-14(9,16-15)11-6(3)4/h5-6,15H,1-4H3,(H,7,8). The Balaban J connectivity index is 4.64. The fraction of sp³-hybridized carbons (Fsp3) is 1.00. The third-order valence-electron chi connectivity index (χ3n) is 0.987. The highest BCUT2D eigenvalue weighted by Gasteiger charge is 2.38. The molecule has 0 heterocycles. The molecule has 0 aliphatic carbocycles. The third kappa shape index (κ3) is 7.35. The van der Waals surface area contributed by atoms with Crippen molar-refractivity contribution in [1.29, 1.82) is 0 Å². The van der Waals surface area contributed by atoms with Crippen molar-refractivity contribution >= 4 is 36.7 Å². The number of phosphoric acid groups is 1. The zero-order chi connectivity index (χ0) is 13.0. The van der Waals surface area contributed by atoms with Gasteiger partial charge in [-0.2, -0.15) is 4.31 Å².